The molecule has 0 atom stereocenters. The molecular weight excluding hydrogens is 224 g/mol. The molecule has 4 nitrogen and oxygen atoms in total. The van der Waals surface area contributed by atoms with Crippen molar-refractivity contribution in [2.45, 2.75) is 6.42 Å². The lowest BCUT2D eigenvalue weighted by Crippen LogP contribution is -2.33. The van der Waals surface area contributed by atoms with Crippen LogP contribution in [0.4, 0.5) is 0 Å². The zero-order chi connectivity index (χ0) is 12.0. The Labute approximate surface area is 99.8 Å². The van der Waals surface area contributed by atoms with Crippen LogP contribution in [0.15, 0.2) is 24.3 Å². The second-order valence-electron chi connectivity index (χ2n) is 3.23. The Kier molecular flexibility index (Phi) is 4.72. The standard InChI is InChI=1S/C11H14N2O2S/c1-15-9-5-3-2-4-8(9)6-11(14)13-7-10(12)16/h2-5H,6-7H2,1H3,(H2,12,16)(H,13,14). The maximum Gasteiger partial charge on any atom is 0.224 e. The first-order chi connectivity index (χ1) is 7.63. The molecule has 0 saturated carbocycles. The van der Waals surface area contributed by atoms with E-state index in [1.807, 2.05) is 24.3 Å². The van der Waals surface area contributed by atoms with E-state index in [0.29, 0.717) is 5.75 Å². The first-order valence-electron chi connectivity index (χ1n) is 4.80. The van der Waals surface area contributed by atoms with E-state index < -0.39 is 0 Å². The Morgan fingerprint density at radius 2 is 2.19 bits per heavy atom. The average molecular weight is 238 g/mol. The Bertz CT molecular complexity index is 393. The van der Waals surface area contributed by atoms with Crippen LogP contribution in [-0.2, 0) is 11.2 Å². The summed E-state index contributed by atoms with van der Waals surface area (Å²) < 4.78 is 5.14. The minimum absolute atomic E-state index is 0.127. The minimum atomic E-state index is -0.127. The number of hydrogen-bond donors (Lipinski definition) is 2. The van der Waals surface area contributed by atoms with Crippen LogP contribution < -0.4 is 15.8 Å². The molecule has 0 saturated heterocycles. The van der Waals surface area contributed by atoms with Crippen molar-refractivity contribution in [3.63, 3.8) is 0 Å². The summed E-state index contributed by atoms with van der Waals surface area (Å²) in [5.74, 6) is 0.574. The third-order valence-electron chi connectivity index (χ3n) is 2.00. The molecular formula is C11H14N2O2S. The van der Waals surface area contributed by atoms with Crippen LogP contribution in [-0.4, -0.2) is 24.6 Å². The Morgan fingerprint density at radius 3 is 2.81 bits per heavy atom. The van der Waals surface area contributed by atoms with Gasteiger partial charge in [-0.25, -0.2) is 0 Å². The average Bonchev–Trinajstić information content (AvgIpc) is 2.27. The van der Waals surface area contributed by atoms with E-state index in [9.17, 15) is 4.79 Å². The first kappa shape index (κ1) is 12.4. The molecule has 16 heavy (non-hydrogen) atoms. The lowest BCUT2D eigenvalue weighted by atomic mass is 10.1. The van der Waals surface area contributed by atoms with Gasteiger partial charge in [0.25, 0.3) is 0 Å². The fourth-order valence-corrected chi connectivity index (χ4v) is 1.34. The normalized spacial score (nSPS) is 9.56. The van der Waals surface area contributed by atoms with E-state index in [2.05, 4.69) is 17.5 Å². The summed E-state index contributed by atoms with van der Waals surface area (Å²) in [4.78, 5) is 11.8. The molecule has 0 heterocycles. The van der Waals surface area contributed by atoms with Crippen molar-refractivity contribution in [3.8, 4) is 5.75 Å². The maximum absolute atomic E-state index is 11.5. The lowest BCUT2D eigenvalue weighted by molar-refractivity contribution is -0.120. The number of thiocarbonyl (C=S) groups is 1. The summed E-state index contributed by atoms with van der Waals surface area (Å²) >= 11 is 4.67. The molecule has 1 amide bonds. The molecule has 5 heteroatoms. The number of ether oxygens (including phenoxy) is 1. The molecule has 86 valence electrons. The van der Waals surface area contributed by atoms with Gasteiger partial charge in [0.2, 0.25) is 5.91 Å². The van der Waals surface area contributed by atoms with Crippen molar-refractivity contribution in [1.82, 2.24) is 5.32 Å². The van der Waals surface area contributed by atoms with E-state index in [1.54, 1.807) is 7.11 Å². The van der Waals surface area contributed by atoms with E-state index in [0.717, 1.165) is 5.56 Å². The number of para-hydroxylation sites is 1. The molecule has 0 spiro atoms. The Morgan fingerprint density at radius 1 is 1.50 bits per heavy atom. The van der Waals surface area contributed by atoms with Gasteiger partial charge in [0.15, 0.2) is 0 Å². The molecule has 0 unspecified atom stereocenters. The molecule has 1 rings (SSSR count). The van der Waals surface area contributed by atoms with Gasteiger partial charge in [0, 0.05) is 5.56 Å². The van der Waals surface area contributed by atoms with E-state index >= 15 is 0 Å². The SMILES string of the molecule is COc1ccccc1CC(=O)NCC(N)=S. The molecule has 1 aromatic rings. The second-order valence-corrected chi connectivity index (χ2v) is 3.76. The zero-order valence-corrected chi connectivity index (χ0v) is 9.84. The molecule has 1 aromatic carbocycles. The maximum atomic E-state index is 11.5. The number of carbonyl (C=O) groups is 1. The van der Waals surface area contributed by atoms with Gasteiger partial charge in [-0.3, -0.25) is 4.79 Å². The van der Waals surface area contributed by atoms with Gasteiger partial charge in [-0.05, 0) is 6.07 Å². The largest absolute Gasteiger partial charge is 0.496 e. The number of hydrogen-bond acceptors (Lipinski definition) is 3. The van der Waals surface area contributed by atoms with Crippen LogP contribution in [0.25, 0.3) is 0 Å². The highest BCUT2D eigenvalue weighted by Gasteiger charge is 2.07. The van der Waals surface area contributed by atoms with Crippen LogP contribution in [0.5, 0.6) is 5.75 Å². The van der Waals surface area contributed by atoms with Gasteiger partial charge in [-0.1, -0.05) is 30.4 Å². The number of methoxy groups -OCH3 is 1. The van der Waals surface area contributed by atoms with Gasteiger partial charge < -0.3 is 15.8 Å². The van der Waals surface area contributed by atoms with Crippen molar-refractivity contribution in [2.24, 2.45) is 5.73 Å². The molecule has 3 N–H and O–H groups in total. The first-order valence-corrected chi connectivity index (χ1v) is 5.21. The second kappa shape index (κ2) is 6.07. The number of nitrogens with two attached hydrogens (primary N) is 1. The zero-order valence-electron chi connectivity index (χ0n) is 9.03. The monoisotopic (exact) mass is 238 g/mol. The summed E-state index contributed by atoms with van der Waals surface area (Å²) in [5.41, 5.74) is 6.12. The molecule has 0 radical (unpaired) electrons. The molecule has 0 aromatic heterocycles. The van der Waals surface area contributed by atoms with Crippen LogP contribution in [0.3, 0.4) is 0 Å². The Hall–Kier alpha value is -1.62. The third kappa shape index (κ3) is 3.86. The highest BCUT2D eigenvalue weighted by atomic mass is 32.1. The number of nitrogens with one attached hydrogen (secondary N) is 1. The Balaban J connectivity index is 2.58. The minimum Gasteiger partial charge on any atom is -0.496 e. The van der Waals surface area contributed by atoms with Crippen molar-refractivity contribution < 1.29 is 9.53 Å². The van der Waals surface area contributed by atoms with Crippen LogP contribution in [0, 0.1) is 0 Å². The summed E-state index contributed by atoms with van der Waals surface area (Å²) in [6.45, 7) is 0.226. The third-order valence-corrected chi connectivity index (χ3v) is 2.15. The van der Waals surface area contributed by atoms with Crippen molar-refractivity contribution in [2.75, 3.05) is 13.7 Å². The summed E-state index contributed by atoms with van der Waals surface area (Å²) in [6, 6.07) is 7.38. The van der Waals surface area contributed by atoms with Crippen molar-refractivity contribution >= 4 is 23.1 Å². The van der Waals surface area contributed by atoms with Crippen molar-refractivity contribution in [1.29, 1.82) is 0 Å². The topological polar surface area (TPSA) is 64.3 Å². The molecule has 0 aliphatic rings. The van der Waals surface area contributed by atoms with E-state index in [-0.39, 0.29) is 23.9 Å². The van der Waals surface area contributed by atoms with Crippen LogP contribution in [0.2, 0.25) is 0 Å². The highest BCUT2D eigenvalue weighted by molar-refractivity contribution is 7.80. The fraction of sp³-hybridized carbons (Fsp3) is 0.273. The van der Waals surface area contributed by atoms with Gasteiger partial charge in [0.05, 0.1) is 25.1 Å². The van der Waals surface area contributed by atoms with Crippen LogP contribution in [0.1, 0.15) is 5.56 Å². The molecule has 0 aliphatic carbocycles. The van der Waals surface area contributed by atoms with Gasteiger partial charge in [-0.2, -0.15) is 0 Å². The van der Waals surface area contributed by atoms with Gasteiger partial charge in [0.1, 0.15) is 5.75 Å². The lowest BCUT2D eigenvalue weighted by Gasteiger charge is -2.08. The molecule has 0 bridgehead atoms. The predicted octanol–water partition coefficient (Wildman–Crippen LogP) is 0.640. The number of benzene rings is 1. The summed E-state index contributed by atoms with van der Waals surface area (Å²) in [5, 5.41) is 2.62. The van der Waals surface area contributed by atoms with E-state index in [4.69, 9.17) is 10.5 Å². The quantitative estimate of drug-likeness (QED) is 0.739. The summed E-state index contributed by atoms with van der Waals surface area (Å²) in [6.07, 6.45) is 0.257. The number of carbonyl (C=O) groups excluding carboxylic acids is 1. The summed E-state index contributed by atoms with van der Waals surface area (Å²) in [7, 11) is 1.58. The van der Waals surface area contributed by atoms with Crippen molar-refractivity contribution in [3.05, 3.63) is 29.8 Å². The van der Waals surface area contributed by atoms with Crippen LogP contribution >= 0.6 is 12.2 Å². The molecule has 0 aliphatic heterocycles. The smallest absolute Gasteiger partial charge is 0.224 e. The highest BCUT2D eigenvalue weighted by Crippen LogP contribution is 2.17. The van der Waals surface area contributed by atoms with Gasteiger partial charge in [-0.15, -0.1) is 0 Å². The predicted molar refractivity (Wildman–Crippen MR) is 66.5 cm³/mol. The van der Waals surface area contributed by atoms with E-state index in [1.165, 1.54) is 0 Å². The van der Waals surface area contributed by atoms with Gasteiger partial charge >= 0.3 is 0 Å². The fourth-order valence-electron chi connectivity index (χ4n) is 1.27. The number of amides is 1. The molecule has 0 fully saturated rings. The number of rotatable bonds is 5.